The van der Waals surface area contributed by atoms with Crippen molar-refractivity contribution < 1.29 is 9.59 Å². The zero-order valence-electron chi connectivity index (χ0n) is 12.1. The van der Waals surface area contributed by atoms with Crippen molar-refractivity contribution in [2.75, 3.05) is 0 Å². The van der Waals surface area contributed by atoms with Crippen LogP contribution >= 0.6 is 0 Å². The van der Waals surface area contributed by atoms with Crippen molar-refractivity contribution in [1.82, 2.24) is 0 Å². The second kappa shape index (κ2) is 6.47. The molecule has 0 bridgehead atoms. The summed E-state index contributed by atoms with van der Waals surface area (Å²) in [5.74, 6) is 0.362. The zero-order chi connectivity index (χ0) is 14.5. The molecule has 2 aromatic rings. The van der Waals surface area contributed by atoms with Crippen molar-refractivity contribution in [3.8, 4) is 0 Å². The number of hydrogen-bond acceptors (Lipinski definition) is 2. The Labute approximate surface area is 119 Å². The summed E-state index contributed by atoms with van der Waals surface area (Å²) in [4.78, 5) is 23.8. The van der Waals surface area contributed by atoms with Gasteiger partial charge in [-0.3, -0.25) is 9.59 Å². The molecule has 0 atom stereocenters. The van der Waals surface area contributed by atoms with E-state index >= 15 is 0 Å². The number of fused-ring (bicyclic) bond motifs is 1. The molecule has 0 aliphatic heterocycles. The number of ketones is 2. The van der Waals surface area contributed by atoms with E-state index in [1.807, 2.05) is 50.2 Å². The monoisotopic (exact) mass is 268 g/mol. The van der Waals surface area contributed by atoms with Crippen LogP contribution in [0.2, 0.25) is 0 Å². The van der Waals surface area contributed by atoms with Gasteiger partial charge in [0, 0.05) is 24.0 Å². The second-order valence-corrected chi connectivity index (χ2v) is 5.12. The van der Waals surface area contributed by atoms with Crippen molar-refractivity contribution in [2.24, 2.45) is 0 Å². The van der Waals surface area contributed by atoms with Gasteiger partial charge in [-0.15, -0.1) is 0 Å². The second-order valence-electron chi connectivity index (χ2n) is 5.12. The van der Waals surface area contributed by atoms with E-state index in [2.05, 4.69) is 0 Å². The highest BCUT2D eigenvalue weighted by Gasteiger charge is 2.08. The molecular weight excluding hydrogens is 248 g/mol. The van der Waals surface area contributed by atoms with Crippen LogP contribution in [0.4, 0.5) is 0 Å². The molecule has 0 unspecified atom stereocenters. The Morgan fingerprint density at radius 3 is 1.50 bits per heavy atom. The first-order valence-electron chi connectivity index (χ1n) is 7.26. The van der Waals surface area contributed by atoms with E-state index in [4.69, 9.17) is 0 Å². The van der Waals surface area contributed by atoms with E-state index in [0.29, 0.717) is 12.8 Å². The molecule has 0 N–H and O–H groups in total. The van der Waals surface area contributed by atoms with Gasteiger partial charge >= 0.3 is 0 Å². The lowest BCUT2D eigenvalue weighted by atomic mass is 9.99. The summed E-state index contributed by atoms with van der Waals surface area (Å²) in [5, 5.41) is 2.03. The van der Waals surface area contributed by atoms with Gasteiger partial charge in [-0.05, 0) is 35.7 Å². The number of benzene rings is 2. The molecule has 20 heavy (non-hydrogen) atoms. The Hall–Kier alpha value is -1.96. The fraction of sp³-hybridized carbons (Fsp3) is 0.333. The van der Waals surface area contributed by atoms with Crippen molar-refractivity contribution in [1.29, 1.82) is 0 Å². The van der Waals surface area contributed by atoms with Crippen LogP contribution in [0.3, 0.4) is 0 Å². The minimum absolute atomic E-state index is 0.181. The average Bonchev–Trinajstić information content (AvgIpc) is 2.46. The van der Waals surface area contributed by atoms with Crippen LogP contribution in [0.15, 0.2) is 36.4 Å². The van der Waals surface area contributed by atoms with E-state index in [-0.39, 0.29) is 11.6 Å². The summed E-state index contributed by atoms with van der Waals surface area (Å²) < 4.78 is 0. The lowest BCUT2D eigenvalue weighted by Crippen LogP contribution is -1.99. The molecule has 2 heteroatoms. The van der Waals surface area contributed by atoms with Crippen molar-refractivity contribution in [2.45, 2.75) is 39.5 Å². The molecule has 2 rings (SSSR count). The van der Waals surface area contributed by atoms with Crippen LogP contribution in [0.5, 0.6) is 0 Å². The van der Waals surface area contributed by atoms with Gasteiger partial charge in [0.05, 0.1) is 0 Å². The minimum Gasteiger partial charge on any atom is -0.294 e. The highest BCUT2D eigenvalue weighted by molar-refractivity contribution is 6.03. The van der Waals surface area contributed by atoms with Gasteiger partial charge in [-0.2, -0.15) is 0 Å². The molecule has 104 valence electrons. The molecule has 0 fully saturated rings. The number of Topliss-reactive ketones (excluding diaryl/α,β-unsaturated/α-hetero) is 2. The van der Waals surface area contributed by atoms with Gasteiger partial charge in [0.2, 0.25) is 0 Å². The van der Waals surface area contributed by atoms with Gasteiger partial charge in [0.25, 0.3) is 0 Å². The summed E-state index contributed by atoms with van der Waals surface area (Å²) in [7, 11) is 0. The zero-order valence-corrected chi connectivity index (χ0v) is 12.1. The first-order chi connectivity index (χ1) is 9.65. The van der Waals surface area contributed by atoms with Crippen LogP contribution in [0, 0.1) is 0 Å². The highest BCUT2D eigenvalue weighted by Crippen LogP contribution is 2.20. The fourth-order valence-corrected chi connectivity index (χ4v) is 2.34. The summed E-state index contributed by atoms with van der Waals surface area (Å²) in [6.07, 6.45) is 2.89. The van der Waals surface area contributed by atoms with Crippen LogP contribution < -0.4 is 0 Å². The van der Waals surface area contributed by atoms with Crippen molar-refractivity contribution >= 4 is 22.3 Å². The van der Waals surface area contributed by atoms with Gasteiger partial charge in [-0.25, -0.2) is 0 Å². The standard InChI is InChI=1S/C18H20O2/c1-3-5-17(19)15-9-7-14-12-16(18(20)6-4-2)10-8-13(14)11-15/h7-12H,3-6H2,1-2H3. The van der Waals surface area contributed by atoms with Crippen LogP contribution in [-0.4, -0.2) is 11.6 Å². The summed E-state index contributed by atoms with van der Waals surface area (Å²) >= 11 is 0. The summed E-state index contributed by atoms with van der Waals surface area (Å²) in [6.45, 7) is 4.01. The van der Waals surface area contributed by atoms with Gasteiger partial charge in [0.15, 0.2) is 11.6 Å². The molecule has 0 amide bonds. The lowest BCUT2D eigenvalue weighted by Gasteiger charge is -2.05. The maximum atomic E-state index is 11.9. The van der Waals surface area contributed by atoms with Crippen LogP contribution in [-0.2, 0) is 0 Å². The third kappa shape index (κ3) is 3.13. The topological polar surface area (TPSA) is 34.1 Å². The molecule has 2 aromatic carbocycles. The summed E-state index contributed by atoms with van der Waals surface area (Å²) in [5.41, 5.74) is 1.51. The highest BCUT2D eigenvalue weighted by atomic mass is 16.1. The fourth-order valence-electron chi connectivity index (χ4n) is 2.34. The molecule has 0 aliphatic rings. The van der Waals surface area contributed by atoms with E-state index < -0.39 is 0 Å². The lowest BCUT2D eigenvalue weighted by molar-refractivity contribution is 0.0973. The first kappa shape index (κ1) is 14.4. The Morgan fingerprint density at radius 2 is 1.15 bits per heavy atom. The number of carbonyl (C=O) groups excluding carboxylic acids is 2. The van der Waals surface area contributed by atoms with E-state index in [9.17, 15) is 9.59 Å². The first-order valence-corrected chi connectivity index (χ1v) is 7.26. The SMILES string of the molecule is CCCC(=O)c1ccc2cc(C(=O)CCC)ccc2c1. The molecule has 0 spiro atoms. The van der Waals surface area contributed by atoms with E-state index in [1.165, 1.54) is 0 Å². The van der Waals surface area contributed by atoms with Gasteiger partial charge in [0.1, 0.15) is 0 Å². The molecule has 0 aliphatic carbocycles. The molecule has 0 aromatic heterocycles. The quantitative estimate of drug-likeness (QED) is 0.705. The molecule has 0 saturated carbocycles. The Morgan fingerprint density at radius 1 is 0.750 bits per heavy atom. The van der Waals surface area contributed by atoms with Crippen LogP contribution in [0.25, 0.3) is 10.8 Å². The van der Waals surface area contributed by atoms with E-state index in [1.54, 1.807) is 0 Å². The average molecular weight is 268 g/mol. The van der Waals surface area contributed by atoms with Gasteiger partial charge < -0.3 is 0 Å². The number of rotatable bonds is 6. The van der Waals surface area contributed by atoms with Crippen molar-refractivity contribution in [3.05, 3.63) is 47.5 Å². The predicted molar refractivity (Wildman–Crippen MR) is 82.4 cm³/mol. The smallest absolute Gasteiger partial charge is 0.162 e. The number of hydrogen-bond donors (Lipinski definition) is 0. The van der Waals surface area contributed by atoms with E-state index in [0.717, 1.165) is 34.7 Å². The van der Waals surface area contributed by atoms with Crippen LogP contribution in [0.1, 0.15) is 60.2 Å². The molecule has 2 nitrogen and oxygen atoms in total. The third-order valence-corrected chi connectivity index (χ3v) is 3.44. The molecular formula is C18H20O2. The van der Waals surface area contributed by atoms with Gasteiger partial charge in [-0.1, -0.05) is 38.1 Å². The maximum absolute atomic E-state index is 11.9. The Kier molecular flexibility index (Phi) is 4.67. The normalized spacial score (nSPS) is 10.7. The third-order valence-electron chi connectivity index (χ3n) is 3.44. The largest absolute Gasteiger partial charge is 0.294 e. The number of carbonyl (C=O) groups is 2. The van der Waals surface area contributed by atoms with Crippen molar-refractivity contribution in [3.63, 3.8) is 0 Å². The molecule has 0 saturated heterocycles. The Bertz CT molecular complexity index is 584. The minimum atomic E-state index is 0.181. The molecule has 0 radical (unpaired) electrons. The predicted octanol–water partition coefficient (Wildman–Crippen LogP) is 4.81. The summed E-state index contributed by atoms with van der Waals surface area (Å²) in [6, 6.07) is 11.4. The Balaban J connectivity index is 2.34. The molecule has 0 heterocycles. The maximum Gasteiger partial charge on any atom is 0.162 e.